The molecule has 9 heteroatoms. The lowest BCUT2D eigenvalue weighted by atomic mass is 10.2. The summed E-state index contributed by atoms with van der Waals surface area (Å²) in [5, 5.41) is 3.29. The van der Waals surface area contributed by atoms with Crippen LogP contribution in [0.4, 0.5) is 10.1 Å². The summed E-state index contributed by atoms with van der Waals surface area (Å²) in [4.78, 5) is 9.01. The lowest BCUT2D eigenvalue weighted by molar-refractivity contribution is 0.372. The van der Waals surface area contributed by atoms with Gasteiger partial charge in [-0.15, -0.1) is 0 Å². The van der Waals surface area contributed by atoms with E-state index in [-0.39, 0.29) is 5.82 Å². The van der Waals surface area contributed by atoms with Crippen molar-refractivity contribution in [3.8, 4) is 0 Å². The maximum Gasteiger partial charge on any atom is 0.242 e. The quantitative estimate of drug-likeness (QED) is 0.577. The number of nitrogens with one attached hydrogen (secondary N) is 1. The number of nitrogens with zero attached hydrogens (tertiary/aromatic N) is 4. The van der Waals surface area contributed by atoms with Crippen LogP contribution in [0.5, 0.6) is 0 Å². The number of piperazine rings is 1. The minimum Gasteiger partial charge on any atom is -0.368 e. The van der Waals surface area contributed by atoms with Crippen molar-refractivity contribution in [1.82, 2.24) is 14.5 Å². The van der Waals surface area contributed by atoms with Crippen LogP contribution in [-0.4, -0.2) is 70.9 Å². The van der Waals surface area contributed by atoms with E-state index < -0.39 is 10.0 Å². The SMILES string of the molecule is CN=C(NCc1ccccc1S(=O)(=O)N(C)C)N1CCN(c2ccc(F)cc2)CC1. The van der Waals surface area contributed by atoms with Crippen molar-refractivity contribution >= 4 is 21.7 Å². The Bertz CT molecular complexity index is 985. The van der Waals surface area contributed by atoms with E-state index in [1.165, 1.54) is 30.5 Å². The van der Waals surface area contributed by atoms with E-state index in [4.69, 9.17) is 0 Å². The number of guanidine groups is 1. The molecular formula is C21H28FN5O2S. The zero-order chi connectivity index (χ0) is 21.7. The molecule has 1 aliphatic rings. The van der Waals surface area contributed by atoms with Gasteiger partial charge in [0.05, 0.1) is 4.90 Å². The van der Waals surface area contributed by atoms with Crippen LogP contribution in [0.15, 0.2) is 58.4 Å². The Hall–Kier alpha value is -2.65. The average molecular weight is 434 g/mol. The van der Waals surface area contributed by atoms with Crippen LogP contribution in [0.2, 0.25) is 0 Å². The molecule has 0 unspecified atom stereocenters. The van der Waals surface area contributed by atoms with Crippen LogP contribution in [0.1, 0.15) is 5.56 Å². The molecule has 3 rings (SSSR count). The molecule has 0 radical (unpaired) electrons. The Balaban J connectivity index is 1.63. The predicted molar refractivity (Wildman–Crippen MR) is 118 cm³/mol. The Morgan fingerprint density at radius 3 is 2.30 bits per heavy atom. The van der Waals surface area contributed by atoms with E-state index in [1.54, 1.807) is 31.3 Å². The minimum atomic E-state index is -3.52. The number of halogens is 1. The summed E-state index contributed by atoms with van der Waals surface area (Å²) in [6.07, 6.45) is 0. The molecule has 0 aromatic heterocycles. The standard InChI is InChI=1S/C21H28FN5O2S/c1-23-21(24-16-17-6-4-5-7-20(17)30(28,29)25(2)3)27-14-12-26(13-15-27)19-10-8-18(22)9-11-19/h4-11H,12-16H2,1-3H3,(H,23,24). The number of rotatable bonds is 5. The average Bonchev–Trinajstić information content (AvgIpc) is 2.75. The summed E-state index contributed by atoms with van der Waals surface area (Å²) >= 11 is 0. The van der Waals surface area contributed by atoms with Gasteiger partial charge in [-0.3, -0.25) is 4.99 Å². The Kier molecular flexibility index (Phi) is 6.94. The number of sulfonamides is 1. The van der Waals surface area contributed by atoms with E-state index in [0.717, 1.165) is 37.8 Å². The summed E-state index contributed by atoms with van der Waals surface area (Å²) < 4.78 is 39.5. The highest BCUT2D eigenvalue weighted by molar-refractivity contribution is 7.89. The minimum absolute atomic E-state index is 0.237. The molecule has 0 spiro atoms. The van der Waals surface area contributed by atoms with Crippen LogP contribution in [0.3, 0.4) is 0 Å². The van der Waals surface area contributed by atoms with Crippen molar-refractivity contribution in [2.75, 3.05) is 52.2 Å². The van der Waals surface area contributed by atoms with Gasteiger partial charge in [0.25, 0.3) is 0 Å². The Morgan fingerprint density at radius 2 is 1.70 bits per heavy atom. The van der Waals surface area contributed by atoms with Crippen LogP contribution in [-0.2, 0) is 16.6 Å². The zero-order valence-corrected chi connectivity index (χ0v) is 18.4. The third-order valence-electron chi connectivity index (χ3n) is 5.15. The highest BCUT2D eigenvalue weighted by Crippen LogP contribution is 2.19. The predicted octanol–water partition coefficient (Wildman–Crippen LogP) is 1.97. The monoisotopic (exact) mass is 433 g/mol. The van der Waals surface area contributed by atoms with Crippen molar-refractivity contribution in [1.29, 1.82) is 0 Å². The molecule has 1 heterocycles. The number of hydrogen-bond acceptors (Lipinski definition) is 4. The molecule has 2 aromatic rings. The maximum atomic E-state index is 13.1. The molecule has 2 aromatic carbocycles. The second kappa shape index (κ2) is 9.44. The fourth-order valence-electron chi connectivity index (χ4n) is 3.43. The van der Waals surface area contributed by atoms with Crippen LogP contribution in [0, 0.1) is 5.82 Å². The molecule has 30 heavy (non-hydrogen) atoms. The molecule has 1 aliphatic heterocycles. The number of benzene rings is 2. The molecule has 0 aliphatic carbocycles. The molecule has 7 nitrogen and oxygen atoms in total. The molecule has 0 amide bonds. The lowest BCUT2D eigenvalue weighted by Crippen LogP contribution is -2.52. The fourth-order valence-corrected chi connectivity index (χ4v) is 4.55. The van der Waals surface area contributed by atoms with Crippen molar-refractivity contribution in [3.05, 3.63) is 59.9 Å². The van der Waals surface area contributed by atoms with Gasteiger partial charge >= 0.3 is 0 Å². The van der Waals surface area contributed by atoms with Gasteiger partial charge in [-0.25, -0.2) is 17.1 Å². The maximum absolute atomic E-state index is 13.1. The lowest BCUT2D eigenvalue weighted by Gasteiger charge is -2.37. The highest BCUT2D eigenvalue weighted by Gasteiger charge is 2.23. The van der Waals surface area contributed by atoms with E-state index in [1.807, 2.05) is 12.1 Å². The number of hydrogen-bond donors (Lipinski definition) is 1. The van der Waals surface area contributed by atoms with Crippen LogP contribution in [0.25, 0.3) is 0 Å². The molecule has 162 valence electrons. The van der Waals surface area contributed by atoms with Crippen molar-refractivity contribution in [3.63, 3.8) is 0 Å². The van der Waals surface area contributed by atoms with Gasteiger partial charge in [-0.2, -0.15) is 0 Å². The Morgan fingerprint density at radius 1 is 1.07 bits per heavy atom. The second-order valence-corrected chi connectivity index (χ2v) is 9.37. The van der Waals surface area contributed by atoms with Crippen molar-refractivity contribution in [2.45, 2.75) is 11.4 Å². The van der Waals surface area contributed by atoms with E-state index >= 15 is 0 Å². The molecule has 1 fully saturated rings. The number of anilines is 1. The molecule has 0 atom stereocenters. The van der Waals surface area contributed by atoms with Gasteiger partial charge in [0.15, 0.2) is 5.96 Å². The third-order valence-corrected chi connectivity index (χ3v) is 7.07. The van der Waals surface area contributed by atoms with Gasteiger partial charge in [0.2, 0.25) is 10.0 Å². The highest BCUT2D eigenvalue weighted by atomic mass is 32.2. The van der Waals surface area contributed by atoms with Gasteiger partial charge in [0, 0.05) is 59.6 Å². The van der Waals surface area contributed by atoms with Gasteiger partial charge in [-0.05, 0) is 35.9 Å². The molecular weight excluding hydrogens is 405 g/mol. The third kappa shape index (κ3) is 4.91. The largest absolute Gasteiger partial charge is 0.368 e. The van der Waals surface area contributed by atoms with Crippen molar-refractivity contribution < 1.29 is 12.8 Å². The second-order valence-electron chi connectivity index (χ2n) is 7.25. The van der Waals surface area contributed by atoms with Gasteiger partial charge < -0.3 is 15.1 Å². The zero-order valence-electron chi connectivity index (χ0n) is 17.5. The smallest absolute Gasteiger partial charge is 0.242 e. The first-order valence-electron chi connectivity index (χ1n) is 9.79. The summed E-state index contributed by atoms with van der Waals surface area (Å²) in [5.74, 6) is 0.490. The number of aliphatic imine (C=N–C) groups is 1. The van der Waals surface area contributed by atoms with Gasteiger partial charge in [-0.1, -0.05) is 18.2 Å². The summed E-state index contributed by atoms with van der Waals surface area (Å²) in [5.41, 5.74) is 1.69. The van der Waals surface area contributed by atoms with Gasteiger partial charge in [0.1, 0.15) is 5.82 Å². The first-order valence-corrected chi connectivity index (χ1v) is 11.2. The normalized spacial score (nSPS) is 15.6. The van der Waals surface area contributed by atoms with E-state index in [0.29, 0.717) is 17.0 Å². The summed E-state index contributed by atoms with van der Waals surface area (Å²) in [7, 11) is 1.25. The molecule has 0 bridgehead atoms. The first-order chi connectivity index (χ1) is 14.3. The topological polar surface area (TPSA) is 68.2 Å². The van der Waals surface area contributed by atoms with Crippen molar-refractivity contribution in [2.24, 2.45) is 4.99 Å². The summed E-state index contributed by atoms with van der Waals surface area (Å²) in [6, 6.07) is 13.5. The van der Waals surface area contributed by atoms with E-state index in [9.17, 15) is 12.8 Å². The molecule has 0 saturated carbocycles. The summed E-state index contributed by atoms with van der Waals surface area (Å²) in [6.45, 7) is 3.45. The molecule has 1 N–H and O–H groups in total. The molecule has 1 saturated heterocycles. The first kappa shape index (κ1) is 22.0. The Labute approximate surface area is 177 Å². The van der Waals surface area contributed by atoms with Crippen LogP contribution >= 0.6 is 0 Å². The van der Waals surface area contributed by atoms with Crippen LogP contribution < -0.4 is 10.2 Å². The fraction of sp³-hybridized carbons (Fsp3) is 0.381. The van der Waals surface area contributed by atoms with E-state index in [2.05, 4.69) is 20.1 Å².